The highest BCUT2D eigenvalue weighted by molar-refractivity contribution is 5.92. The van der Waals surface area contributed by atoms with Gasteiger partial charge in [-0.25, -0.2) is 9.97 Å². The van der Waals surface area contributed by atoms with Crippen molar-refractivity contribution < 1.29 is 4.79 Å². The molecule has 1 aliphatic rings. The third-order valence-electron chi connectivity index (χ3n) is 5.46. The fourth-order valence-electron chi connectivity index (χ4n) is 3.82. The Balaban J connectivity index is 1.56. The van der Waals surface area contributed by atoms with Gasteiger partial charge < -0.3 is 10.2 Å². The molecular weight excluding hydrogens is 360 g/mol. The van der Waals surface area contributed by atoms with Crippen LogP contribution < -0.4 is 5.32 Å². The summed E-state index contributed by atoms with van der Waals surface area (Å²) in [7, 11) is 0. The second-order valence-corrected chi connectivity index (χ2v) is 7.83. The van der Waals surface area contributed by atoms with Crippen LogP contribution in [0, 0.1) is 6.92 Å². The van der Waals surface area contributed by atoms with Crippen molar-refractivity contribution >= 4 is 17.5 Å². The van der Waals surface area contributed by atoms with Gasteiger partial charge in [0.2, 0.25) is 5.95 Å². The van der Waals surface area contributed by atoms with Crippen LogP contribution in [-0.2, 0) is 13.0 Å². The van der Waals surface area contributed by atoms with Crippen molar-refractivity contribution in [1.29, 1.82) is 0 Å². The van der Waals surface area contributed by atoms with Gasteiger partial charge in [0, 0.05) is 25.0 Å². The Morgan fingerprint density at radius 2 is 1.86 bits per heavy atom. The molecule has 1 aromatic heterocycles. The summed E-state index contributed by atoms with van der Waals surface area (Å²) < 4.78 is 0. The van der Waals surface area contributed by atoms with Crippen LogP contribution in [0.5, 0.6) is 0 Å². The number of aromatic nitrogens is 2. The lowest BCUT2D eigenvalue weighted by Gasteiger charge is -2.28. The van der Waals surface area contributed by atoms with E-state index in [-0.39, 0.29) is 5.91 Å². The maximum atomic E-state index is 13.1. The normalized spacial score (nSPS) is 13.3. The molecule has 0 spiro atoms. The average Bonchev–Trinajstić information content (AvgIpc) is 2.74. The van der Waals surface area contributed by atoms with Crippen LogP contribution in [-0.4, -0.2) is 27.3 Å². The summed E-state index contributed by atoms with van der Waals surface area (Å²) in [5.74, 6) is 0.763. The molecule has 0 bridgehead atoms. The molecule has 0 atom stereocenters. The van der Waals surface area contributed by atoms with Crippen molar-refractivity contribution in [2.75, 3.05) is 11.9 Å². The van der Waals surface area contributed by atoms with Gasteiger partial charge in [-0.3, -0.25) is 4.79 Å². The molecule has 0 unspecified atom stereocenters. The van der Waals surface area contributed by atoms with Gasteiger partial charge >= 0.3 is 0 Å². The van der Waals surface area contributed by atoms with Gasteiger partial charge in [0.15, 0.2) is 0 Å². The molecule has 0 saturated carbocycles. The quantitative estimate of drug-likeness (QED) is 0.696. The summed E-state index contributed by atoms with van der Waals surface area (Å²) in [5, 5.41) is 3.34. The molecule has 0 fully saturated rings. The monoisotopic (exact) mass is 386 g/mol. The molecule has 148 valence electrons. The van der Waals surface area contributed by atoms with Crippen molar-refractivity contribution in [2.24, 2.45) is 0 Å². The fraction of sp³-hybridized carbons (Fsp3) is 0.292. The largest absolute Gasteiger partial charge is 0.333 e. The summed E-state index contributed by atoms with van der Waals surface area (Å²) in [4.78, 5) is 23.8. The molecule has 1 N–H and O–H groups in total. The van der Waals surface area contributed by atoms with E-state index in [0.717, 1.165) is 17.7 Å². The van der Waals surface area contributed by atoms with Gasteiger partial charge in [-0.05, 0) is 47.6 Å². The number of rotatable bonds is 4. The fourth-order valence-corrected chi connectivity index (χ4v) is 3.82. The van der Waals surface area contributed by atoms with Crippen molar-refractivity contribution in [3.63, 3.8) is 0 Å². The second kappa shape index (κ2) is 8.03. The Hall–Kier alpha value is -3.21. The number of amides is 1. The molecule has 0 saturated heterocycles. The lowest BCUT2D eigenvalue weighted by Crippen LogP contribution is -2.36. The van der Waals surface area contributed by atoms with Crippen LogP contribution in [0.3, 0.4) is 0 Å². The van der Waals surface area contributed by atoms with Gasteiger partial charge in [0.25, 0.3) is 5.91 Å². The Labute approximate surface area is 171 Å². The lowest BCUT2D eigenvalue weighted by atomic mass is 9.98. The predicted octanol–water partition coefficient (Wildman–Crippen LogP) is 4.85. The van der Waals surface area contributed by atoms with E-state index in [9.17, 15) is 4.79 Å². The molecule has 2 heterocycles. The molecule has 3 aromatic rings. The first-order valence-corrected chi connectivity index (χ1v) is 10.1. The number of para-hydroxylation sites is 1. The molecule has 0 aliphatic carbocycles. The highest BCUT2D eigenvalue weighted by atomic mass is 16.2. The van der Waals surface area contributed by atoms with Gasteiger partial charge in [0.1, 0.15) is 5.69 Å². The van der Waals surface area contributed by atoms with E-state index in [1.54, 1.807) is 12.3 Å². The van der Waals surface area contributed by atoms with E-state index >= 15 is 0 Å². The summed E-state index contributed by atoms with van der Waals surface area (Å²) in [5.41, 5.74) is 6.30. The molecule has 5 heteroatoms. The zero-order chi connectivity index (χ0) is 20.4. The van der Waals surface area contributed by atoms with E-state index < -0.39 is 0 Å². The molecule has 0 radical (unpaired) electrons. The number of hydrogen-bond acceptors (Lipinski definition) is 4. The smallest absolute Gasteiger partial charge is 0.272 e. The van der Waals surface area contributed by atoms with E-state index in [1.807, 2.05) is 11.0 Å². The maximum absolute atomic E-state index is 13.1. The first kappa shape index (κ1) is 19.1. The van der Waals surface area contributed by atoms with Crippen molar-refractivity contribution in [1.82, 2.24) is 14.9 Å². The van der Waals surface area contributed by atoms with Crippen LogP contribution in [0.1, 0.15) is 52.5 Å². The summed E-state index contributed by atoms with van der Waals surface area (Å²) >= 11 is 0. The molecular formula is C24H26N4O. The third kappa shape index (κ3) is 3.99. The van der Waals surface area contributed by atoms with Gasteiger partial charge in [-0.1, -0.05) is 56.3 Å². The molecule has 5 nitrogen and oxygen atoms in total. The predicted molar refractivity (Wildman–Crippen MR) is 115 cm³/mol. The van der Waals surface area contributed by atoms with Gasteiger partial charge in [-0.2, -0.15) is 0 Å². The Morgan fingerprint density at radius 3 is 2.66 bits per heavy atom. The zero-order valence-corrected chi connectivity index (χ0v) is 17.1. The highest BCUT2D eigenvalue weighted by Crippen LogP contribution is 2.29. The number of nitrogens with one attached hydrogen (secondary N) is 1. The Kier molecular flexibility index (Phi) is 5.30. The van der Waals surface area contributed by atoms with Crippen molar-refractivity contribution in [3.05, 3.63) is 82.7 Å². The average molecular weight is 386 g/mol. The third-order valence-corrected chi connectivity index (χ3v) is 5.46. The van der Waals surface area contributed by atoms with E-state index in [1.165, 1.54) is 16.7 Å². The minimum absolute atomic E-state index is 0.0566. The van der Waals surface area contributed by atoms with E-state index in [0.29, 0.717) is 30.6 Å². The maximum Gasteiger partial charge on any atom is 0.272 e. The molecule has 2 aromatic carbocycles. The molecule has 4 rings (SSSR count). The van der Waals surface area contributed by atoms with E-state index in [4.69, 9.17) is 0 Å². The standard InChI is InChI=1S/C24H26N4O/c1-16(2)20-10-6-7-17(3)22(20)27-24-25-13-11-21(26-24)23(29)28-14-12-18-8-4-5-9-19(18)15-28/h4-11,13,16H,12,14-15H2,1-3H3,(H,25,26,27). The minimum Gasteiger partial charge on any atom is -0.333 e. The minimum atomic E-state index is -0.0566. The molecule has 29 heavy (non-hydrogen) atoms. The first-order chi connectivity index (χ1) is 14.0. The number of carbonyl (C=O) groups is 1. The van der Waals surface area contributed by atoms with Crippen LogP contribution in [0.2, 0.25) is 0 Å². The van der Waals surface area contributed by atoms with E-state index in [2.05, 4.69) is 72.5 Å². The van der Waals surface area contributed by atoms with Gasteiger partial charge in [-0.15, -0.1) is 0 Å². The van der Waals surface area contributed by atoms with Crippen LogP contribution >= 0.6 is 0 Å². The number of anilines is 2. The number of fused-ring (bicyclic) bond motifs is 1. The lowest BCUT2D eigenvalue weighted by molar-refractivity contribution is 0.0728. The number of nitrogens with zero attached hydrogens (tertiary/aromatic N) is 3. The number of aryl methyl sites for hydroxylation is 1. The van der Waals surface area contributed by atoms with Gasteiger partial charge in [0.05, 0.1) is 0 Å². The molecule has 1 aliphatic heterocycles. The number of carbonyl (C=O) groups excluding carboxylic acids is 1. The Bertz CT molecular complexity index is 1040. The first-order valence-electron chi connectivity index (χ1n) is 10.1. The van der Waals surface area contributed by atoms with Crippen LogP contribution in [0.25, 0.3) is 0 Å². The SMILES string of the molecule is Cc1cccc(C(C)C)c1Nc1nccc(C(=O)N2CCc3ccccc3C2)n1. The van der Waals surface area contributed by atoms with Crippen LogP contribution in [0.15, 0.2) is 54.7 Å². The van der Waals surface area contributed by atoms with Crippen molar-refractivity contribution in [2.45, 2.75) is 39.7 Å². The number of benzene rings is 2. The van der Waals surface area contributed by atoms with Crippen molar-refractivity contribution in [3.8, 4) is 0 Å². The molecule has 1 amide bonds. The summed E-state index contributed by atoms with van der Waals surface area (Å²) in [6.45, 7) is 7.72. The second-order valence-electron chi connectivity index (χ2n) is 7.83. The summed E-state index contributed by atoms with van der Waals surface area (Å²) in [6, 6.07) is 16.2. The summed E-state index contributed by atoms with van der Waals surface area (Å²) in [6.07, 6.45) is 2.52. The zero-order valence-electron chi connectivity index (χ0n) is 17.1. The highest BCUT2D eigenvalue weighted by Gasteiger charge is 2.23. The Morgan fingerprint density at radius 1 is 1.07 bits per heavy atom. The topological polar surface area (TPSA) is 58.1 Å². The van der Waals surface area contributed by atoms with Crippen LogP contribution in [0.4, 0.5) is 11.6 Å². The number of hydrogen-bond donors (Lipinski definition) is 1.